The van der Waals surface area contributed by atoms with E-state index in [-0.39, 0.29) is 30.9 Å². The van der Waals surface area contributed by atoms with Gasteiger partial charge in [-0.2, -0.15) is 0 Å². The molecule has 9 heteroatoms. The van der Waals surface area contributed by atoms with E-state index in [4.69, 9.17) is 14.9 Å². The van der Waals surface area contributed by atoms with Crippen LogP contribution in [0.3, 0.4) is 0 Å². The van der Waals surface area contributed by atoms with Crippen molar-refractivity contribution in [2.75, 3.05) is 13.2 Å². The van der Waals surface area contributed by atoms with E-state index >= 15 is 0 Å². The number of amides is 2. The number of carboxylic acid groups (broad SMARTS) is 1. The lowest BCUT2D eigenvalue weighted by Gasteiger charge is -2.17. The van der Waals surface area contributed by atoms with Crippen LogP contribution in [-0.2, 0) is 23.9 Å². The van der Waals surface area contributed by atoms with Crippen LogP contribution in [0.25, 0.3) is 0 Å². The van der Waals surface area contributed by atoms with E-state index in [9.17, 15) is 19.2 Å². The van der Waals surface area contributed by atoms with Gasteiger partial charge >= 0.3 is 11.9 Å². The Balaban J connectivity index is 3.86. The first-order valence-electron chi connectivity index (χ1n) is 14.9. The third kappa shape index (κ3) is 21.9. The molecule has 0 bridgehead atoms. The number of hydrogen-bond donors (Lipinski definition) is 4. The van der Waals surface area contributed by atoms with Crippen LogP contribution in [0, 0.1) is 0 Å². The summed E-state index contributed by atoms with van der Waals surface area (Å²) in [5.74, 6) is -2.41. The zero-order chi connectivity index (χ0) is 28.4. The summed E-state index contributed by atoms with van der Waals surface area (Å²) in [6.45, 7) is 3.26. The first-order chi connectivity index (χ1) is 18.3. The lowest BCUT2D eigenvalue weighted by molar-refractivity contribution is -0.150. The standard InChI is InChI=1S/C29H54N2O7/c1-3-5-6-7-8-9-10-11-12-13-17-21-28(35)38-24(18-4-2)19-15-14-16-20-26(33)30-22-27(34)31-25(23-32)29(36)37/h24-25,32H,3-23H2,1-2H3,(H,30,33)(H,31,34)(H,36,37). The van der Waals surface area contributed by atoms with Gasteiger partial charge in [-0.3, -0.25) is 14.4 Å². The van der Waals surface area contributed by atoms with Gasteiger partial charge in [0.15, 0.2) is 0 Å². The van der Waals surface area contributed by atoms with Crippen molar-refractivity contribution in [3.8, 4) is 0 Å². The molecule has 0 fully saturated rings. The number of esters is 1. The van der Waals surface area contributed by atoms with E-state index in [2.05, 4.69) is 24.5 Å². The van der Waals surface area contributed by atoms with E-state index in [1.807, 2.05) is 0 Å². The highest BCUT2D eigenvalue weighted by molar-refractivity contribution is 5.87. The molecule has 38 heavy (non-hydrogen) atoms. The fourth-order valence-electron chi connectivity index (χ4n) is 4.29. The summed E-state index contributed by atoms with van der Waals surface area (Å²) in [4.78, 5) is 46.6. The predicted octanol–water partition coefficient (Wildman–Crippen LogP) is 5.03. The van der Waals surface area contributed by atoms with Crippen LogP contribution in [0.5, 0.6) is 0 Å². The largest absolute Gasteiger partial charge is 0.480 e. The highest BCUT2D eigenvalue weighted by Gasteiger charge is 2.19. The molecule has 0 aliphatic rings. The Morgan fingerprint density at radius 1 is 0.684 bits per heavy atom. The van der Waals surface area contributed by atoms with Crippen molar-refractivity contribution in [2.45, 2.75) is 148 Å². The average molecular weight is 543 g/mol. The van der Waals surface area contributed by atoms with Crippen LogP contribution in [0.15, 0.2) is 0 Å². The molecule has 0 rings (SSSR count). The normalized spacial score (nSPS) is 12.5. The molecule has 0 saturated carbocycles. The maximum Gasteiger partial charge on any atom is 0.328 e. The van der Waals surface area contributed by atoms with E-state index in [1.54, 1.807) is 0 Å². The van der Waals surface area contributed by atoms with Crippen molar-refractivity contribution < 1.29 is 34.1 Å². The molecular weight excluding hydrogens is 488 g/mol. The molecule has 0 aliphatic heterocycles. The minimum Gasteiger partial charge on any atom is -0.480 e. The van der Waals surface area contributed by atoms with Gasteiger partial charge in [0, 0.05) is 12.8 Å². The number of carboxylic acids is 1. The Hall–Kier alpha value is -2.16. The number of aliphatic carboxylic acids is 1. The molecular formula is C29H54N2O7. The third-order valence-electron chi connectivity index (χ3n) is 6.59. The molecule has 2 amide bonds. The summed E-state index contributed by atoms with van der Waals surface area (Å²) >= 11 is 0. The molecule has 0 aliphatic carbocycles. The van der Waals surface area contributed by atoms with Gasteiger partial charge in [-0.25, -0.2) is 4.79 Å². The average Bonchev–Trinajstić information content (AvgIpc) is 2.88. The van der Waals surface area contributed by atoms with Gasteiger partial charge in [0.2, 0.25) is 11.8 Å². The topological polar surface area (TPSA) is 142 Å². The molecule has 0 aromatic rings. The SMILES string of the molecule is CCCCCCCCCCCCCC(=O)OC(CCC)CCCCCC(=O)NCC(=O)NC(CO)C(=O)O. The number of carbonyl (C=O) groups excluding carboxylic acids is 3. The lowest BCUT2D eigenvalue weighted by atomic mass is 10.0. The summed E-state index contributed by atoms with van der Waals surface area (Å²) in [7, 11) is 0. The quantitative estimate of drug-likeness (QED) is 0.0887. The Kier molecular flexibility index (Phi) is 23.7. The highest BCUT2D eigenvalue weighted by atomic mass is 16.5. The number of carbonyl (C=O) groups is 4. The van der Waals surface area contributed by atoms with Crippen LogP contribution in [0.2, 0.25) is 0 Å². The van der Waals surface area contributed by atoms with Crippen LogP contribution < -0.4 is 10.6 Å². The van der Waals surface area contributed by atoms with Crippen molar-refractivity contribution in [3.63, 3.8) is 0 Å². The Bertz CT molecular complexity index is 642. The van der Waals surface area contributed by atoms with Gasteiger partial charge < -0.3 is 25.6 Å². The second-order valence-corrected chi connectivity index (χ2v) is 10.2. The maximum absolute atomic E-state index is 12.3. The number of nitrogens with one attached hydrogen (secondary N) is 2. The van der Waals surface area contributed by atoms with Crippen LogP contribution >= 0.6 is 0 Å². The zero-order valence-electron chi connectivity index (χ0n) is 23.9. The molecule has 0 spiro atoms. The summed E-state index contributed by atoms with van der Waals surface area (Å²) in [5.41, 5.74) is 0. The number of unbranched alkanes of at least 4 members (excludes halogenated alkanes) is 12. The molecule has 2 atom stereocenters. The zero-order valence-corrected chi connectivity index (χ0v) is 23.9. The van der Waals surface area contributed by atoms with Crippen LogP contribution in [-0.4, -0.2) is 59.3 Å². The third-order valence-corrected chi connectivity index (χ3v) is 6.59. The van der Waals surface area contributed by atoms with E-state index in [1.165, 1.54) is 57.8 Å². The fourth-order valence-corrected chi connectivity index (χ4v) is 4.29. The van der Waals surface area contributed by atoms with Crippen LogP contribution in [0.4, 0.5) is 0 Å². The Morgan fingerprint density at radius 3 is 1.79 bits per heavy atom. The molecule has 9 nitrogen and oxygen atoms in total. The molecule has 0 saturated heterocycles. The first-order valence-corrected chi connectivity index (χ1v) is 14.9. The van der Waals surface area contributed by atoms with E-state index in [0.29, 0.717) is 12.8 Å². The van der Waals surface area contributed by atoms with Gasteiger partial charge in [-0.15, -0.1) is 0 Å². The summed E-state index contributed by atoms with van der Waals surface area (Å²) in [6, 6.07) is -1.38. The number of aliphatic hydroxyl groups is 1. The summed E-state index contributed by atoms with van der Waals surface area (Å²) in [6.07, 6.45) is 19.3. The van der Waals surface area contributed by atoms with Crippen molar-refractivity contribution in [2.24, 2.45) is 0 Å². The molecule has 2 unspecified atom stereocenters. The van der Waals surface area contributed by atoms with E-state index in [0.717, 1.165) is 44.9 Å². The number of aliphatic hydroxyl groups excluding tert-OH is 1. The monoisotopic (exact) mass is 542 g/mol. The summed E-state index contributed by atoms with van der Waals surface area (Å²) < 4.78 is 5.71. The minimum atomic E-state index is -1.38. The van der Waals surface area contributed by atoms with E-state index < -0.39 is 24.5 Å². The second kappa shape index (κ2) is 25.1. The first kappa shape index (κ1) is 35.8. The smallest absolute Gasteiger partial charge is 0.328 e. The predicted molar refractivity (Wildman–Crippen MR) is 149 cm³/mol. The van der Waals surface area contributed by atoms with Gasteiger partial charge in [-0.1, -0.05) is 90.9 Å². The minimum absolute atomic E-state index is 0.0774. The fraction of sp³-hybridized carbons (Fsp3) is 0.862. The van der Waals surface area contributed by atoms with Gasteiger partial charge in [0.05, 0.1) is 13.2 Å². The molecule has 222 valence electrons. The van der Waals surface area contributed by atoms with Crippen molar-refractivity contribution in [3.05, 3.63) is 0 Å². The van der Waals surface area contributed by atoms with Gasteiger partial charge in [0.25, 0.3) is 0 Å². The number of hydrogen-bond acceptors (Lipinski definition) is 6. The maximum atomic E-state index is 12.3. The molecule has 0 aromatic heterocycles. The highest BCUT2D eigenvalue weighted by Crippen LogP contribution is 2.16. The molecule has 4 N–H and O–H groups in total. The number of ether oxygens (including phenoxy) is 1. The van der Waals surface area contributed by atoms with Crippen molar-refractivity contribution in [1.82, 2.24) is 10.6 Å². The molecule has 0 heterocycles. The summed E-state index contributed by atoms with van der Waals surface area (Å²) in [5, 5.41) is 22.3. The second-order valence-electron chi connectivity index (χ2n) is 10.2. The molecule has 0 aromatic carbocycles. The van der Waals surface area contributed by atoms with Gasteiger partial charge in [-0.05, 0) is 32.1 Å². The number of rotatable bonds is 26. The molecule has 0 radical (unpaired) electrons. The Labute approximate surface area is 229 Å². The van der Waals surface area contributed by atoms with Crippen molar-refractivity contribution >= 4 is 23.8 Å². The lowest BCUT2D eigenvalue weighted by Crippen LogP contribution is -2.47. The Morgan fingerprint density at radius 2 is 1.24 bits per heavy atom. The van der Waals surface area contributed by atoms with Crippen LogP contribution in [0.1, 0.15) is 136 Å². The van der Waals surface area contributed by atoms with Gasteiger partial charge in [0.1, 0.15) is 12.1 Å². The van der Waals surface area contributed by atoms with Crippen molar-refractivity contribution in [1.29, 1.82) is 0 Å².